The smallest absolute Gasteiger partial charge is 0.126 e. The van der Waals surface area contributed by atoms with E-state index in [4.69, 9.17) is 10.00 Å². The molecule has 0 fully saturated rings. The third-order valence-corrected chi connectivity index (χ3v) is 3.45. The molecule has 0 bridgehead atoms. The van der Waals surface area contributed by atoms with Gasteiger partial charge in [0.25, 0.3) is 0 Å². The van der Waals surface area contributed by atoms with Crippen molar-refractivity contribution >= 4 is 15.9 Å². The number of ether oxygens (including phenoxy) is 1. The molecule has 0 unspecified atom stereocenters. The molecule has 20 heavy (non-hydrogen) atoms. The van der Waals surface area contributed by atoms with Gasteiger partial charge in [-0.2, -0.15) is 5.26 Å². The zero-order valence-corrected chi connectivity index (χ0v) is 13.9. The van der Waals surface area contributed by atoms with E-state index >= 15 is 0 Å². The molecule has 3 nitrogen and oxygen atoms in total. The average molecular weight is 339 g/mol. The molecule has 1 rings (SSSR count). The molecule has 0 spiro atoms. The van der Waals surface area contributed by atoms with E-state index < -0.39 is 0 Å². The lowest BCUT2D eigenvalue weighted by atomic mass is 10.1. The van der Waals surface area contributed by atoms with E-state index in [0.717, 1.165) is 48.1 Å². The van der Waals surface area contributed by atoms with E-state index in [1.165, 1.54) is 5.56 Å². The molecular weight excluding hydrogens is 316 g/mol. The monoisotopic (exact) mass is 338 g/mol. The Kier molecular flexibility index (Phi) is 8.32. The lowest BCUT2D eigenvalue weighted by Gasteiger charge is -2.15. The minimum atomic E-state index is 0.605. The van der Waals surface area contributed by atoms with Crippen LogP contribution in [0.4, 0.5) is 0 Å². The first-order valence-electron chi connectivity index (χ1n) is 7.18. The molecule has 110 valence electrons. The van der Waals surface area contributed by atoms with E-state index in [1.807, 2.05) is 0 Å². The highest BCUT2D eigenvalue weighted by Gasteiger charge is 2.09. The summed E-state index contributed by atoms with van der Waals surface area (Å²) in [5.41, 5.74) is 2.33. The number of aryl methyl sites for hydroxylation is 1. The largest absolute Gasteiger partial charge is 0.493 e. The summed E-state index contributed by atoms with van der Waals surface area (Å²) >= 11 is 3.54. The lowest BCUT2D eigenvalue weighted by molar-refractivity contribution is 0.301. The predicted octanol–water partition coefficient (Wildman–Crippen LogP) is 4.33. The second-order valence-electron chi connectivity index (χ2n) is 4.85. The van der Waals surface area contributed by atoms with Crippen molar-refractivity contribution in [3.63, 3.8) is 0 Å². The molecule has 1 aromatic rings. The number of halogens is 1. The van der Waals surface area contributed by atoms with Crippen LogP contribution in [0.5, 0.6) is 5.75 Å². The van der Waals surface area contributed by atoms with Crippen LogP contribution in [-0.4, -0.2) is 13.2 Å². The first-order valence-corrected chi connectivity index (χ1v) is 7.97. The van der Waals surface area contributed by atoms with Crippen molar-refractivity contribution in [2.45, 2.75) is 46.1 Å². The molecular formula is C16H23BrN2O. The Hall–Kier alpha value is -1.05. The number of benzene rings is 1. The van der Waals surface area contributed by atoms with Gasteiger partial charge in [0.1, 0.15) is 5.75 Å². The van der Waals surface area contributed by atoms with Crippen molar-refractivity contribution in [2.24, 2.45) is 0 Å². The molecule has 0 atom stereocenters. The molecule has 0 amide bonds. The summed E-state index contributed by atoms with van der Waals surface area (Å²) in [7, 11) is 0. The Balaban J connectivity index is 2.64. The summed E-state index contributed by atoms with van der Waals surface area (Å²) in [5.74, 6) is 0.980. The van der Waals surface area contributed by atoms with Gasteiger partial charge in [0, 0.05) is 23.0 Å². The molecule has 1 N–H and O–H groups in total. The van der Waals surface area contributed by atoms with Gasteiger partial charge in [0.15, 0.2) is 0 Å². The SMILES string of the molecule is CCCNCc1cc(Br)cc(C)c1OCCCCC#N. The van der Waals surface area contributed by atoms with Crippen molar-refractivity contribution in [2.75, 3.05) is 13.2 Å². The highest BCUT2D eigenvalue weighted by molar-refractivity contribution is 9.10. The third kappa shape index (κ3) is 5.94. The Bertz CT molecular complexity index is 455. The van der Waals surface area contributed by atoms with Gasteiger partial charge < -0.3 is 10.1 Å². The summed E-state index contributed by atoms with van der Waals surface area (Å²) in [5, 5.41) is 11.9. The van der Waals surface area contributed by atoms with Crippen LogP contribution in [-0.2, 0) is 6.54 Å². The summed E-state index contributed by atoms with van der Waals surface area (Å²) in [6.45, 7) is 6.73. The van der Waals surface area contributed by atoms with Crippen molar-refractivity contribution in [3.05, 3.63) is 27.7 Å². The maximum atomic E-state index is 8.52. The topological polar surface area (TPSA) is 45.0 Å². The molecule has 0 saturated carbocycles. The molecule has 0 aliphatic rings. The second kappa shape index (κ2) is 9.79. The summed E-state index contributed by atoms with van der Waals surface area (Å²) in [4.78, 5) is 0. The Morgan fingerprint density at radius 2 is 2.15 bits per heavy atom. The van der Waals surface area contributed by atoms with E-state index in [2.05, 4.69) is 53.3 Å². The highest BCUT2D eigenvalue weighted by atomic mass is 79.9. The number of hydrogen-bond donors (Lipinski definition) is 1. The molecule has 0 aromatic heterocycles. The van der Waals surface area contributed by atoms with Gasteiger partial charge in [0.2, 0.25) is 0 Å². The molecule has 0 saturated heterocycles. The molecule has 0 aliphatic carbocycles. The average Bonchev–Trinajstić information content (AvgIpc) is 2.41. The Morgan fingerprint density at radius 1 is 1.35 bits per heavy atom. The van der Waals surface area contributed by atoms with E-state index in [0.29, 0.717) is 13.0 Å². The number of rotatable bonds is 9. The first-order chi connectivity index (χ1) is 9.69. The minimum absolute atomic E-state index is 0.605. The fourth-order valence-corrected chi connectivity index (χ4v) is 2.64. The van der Waals surface area contributed by atoms with E-state index in [1.54, 1.807) is 0 Å². The van der Waals surface area contributed by atoms with Crippen LogP contribution >= 0.6 is 15.9 Å². The Labute approximate surface area is 130 Å². The van der Waals surface area contributed by atoms with Crippen LogP contribution in [0.1, 0.15) is 43.7 Å². The normalized spacial score (nSPS) is 10.3. The van der Waals surface area contributed by atoms with Crippen LogP contribution < -0.4 is 10.1 Å². The number of nitrogens with one attached hydrogen (secondary N) is 1. The molecule has 0 radical (unpaired) electrons. The van der Waals surface area contributed by atoms with Gasteiger partial charge in [-0.05, 0) is 50.4 Å². The van der Waals surface area contributed by atoms with E-state index in [-0.39, 0.29) is 0 Å². The minimum Gasteiger partial charge on any atom is -0.493 e. The zero-order valence-electron chi connectivity index (χ0n) is 12.3. The third-order valence-electron chi connectivity index (χ3n) is 2.99. The molecule has 4 heteroatoms. The van der Waals surface area contributed by atoms with Crippen molar-refractivity contribution < 1.29 is 4.74 Å². The van der Waals surface area contributed by atoms with E-state index in [9.17, 15) is 0 Å². The van der Waals surface area contributed by atoms with Crippen LogP contribution in [0.15, 0.2) is 16.6 Å². The Morgan fingerprint density at radius 3 is 2.85 bits per heavy atom. The number of nitrogens with zero attached hydrogens (tertiary/aromatic N) is 1. The molecule has 0 aliphatic heterocycles. The highest BCUT2D eigenvalue weighted by Crippen LogP contribution is 2.28. The summed E-state index contributed by atoms with van der Waals surface area (Å²) < 4.78 is 7.01. The quantitative estimate of drug-likeness (QED) is 0.681. The first kappa shape index (κ1) is 17.0. The lowest BCUT2D eigenvalue weighted by Crippen LogP contribution is -2.15. The standard InChI is InChI=1S/C16H23BrN2O/c1-3-8-19-12-14-11-15(17)10-13(2)16(14)20-9-6-4-5-7-18/h10-11,19H,3-6,8-9,12H2,1-2H3. The van der Waals surface area contributed by atoms with Gasteiger partial charge in [-0.25, -0.2) is 0 Å². The summed E-state index contributed by atoms with van der Waals surface area (Å²) in [6.07, 6.45) is 3.55. The zero-order chi connectivity index (χ0) is 14.8. The molecule has 1 aromatic carbocycles. The van der Waals surface area contributed by atoms with Crippen LogP contribution in [0, 0.1) is 18.3 Å². The van der Waals surface area contributed by atoms with Crippen LogP contribution in [0.25, 0.3) is 0 Å². The number of unbranched alkanes of at least 4 members (excludes halogenated alkanes) is 2. The number of nitriles is 1. The van der Waals surface area contributed by atoms with Gasteiger partial charge in [0.05, 0.1) is 12.7 Å². The maximum Gasteiger partial charge on any atom is 0.126 e. The van der Waals surface area contributed by atoms with Crippen molar-refractivity contribution in [1.29, 1.82) is 5.26 Å². The van der Waals surface area contributed by atoms with Crippen LogP contribution in [0.2, 0.25) is 0 Å². The number of hydrogen-bond acceptors (Lipinski definition) is 3. The van der Waals surface area contributed by atoms with Crippen molar-refractivity contribution in [1.82, 2.24) is 5.32 Å². The maximum absolute atomic E-state index is 8.52. The fraction of sp³-hybridized carbons (Fsp3) is 0.562. The van der Waals surface area contributed by atoms with Gasteiger partial charge in [-0.15, -0.1) is 0 Å². The second-order valence-corrected chi connectivity index (χ2v) is 5.77. The molecule has 0 heterocycles. The van der Waals surface area contributed by atoms with Gasteiger partial charge >= 0.3 is 0 Å². The van der Waals surface area contributed by atoms with Gasteiger partial charge in [-0.3, -0.25) is 0 Å². The van der Waals surface area contributed by atoms with Gasteiger partial charge in [-0.1, -0.05) is 22.9 Å². The van der Waals surface area contributed by atoms with Crippen LogP contribution in [0.3, 0.4) is 0 Å². The fourth-order valence-electron chi connectivity index (χ4n) is 2.02. The van der Waals surface area contributed by atoms with Crippen molar-refractivity contribution in [3.8, 4) is 11.8 Å². The summed E-state index contributed by atoms with van der Waals surface area (Å²) in [6, 6.07) is 6.35. The predicted molar refractivity (Wildman–Crippen MR) is 85.8 cm³/mol.